The van der Waals surface area contributed by atoms with Crippen LogP contribution in [0.5, 0.6) is 0 Å². The van der Waals surface area contributed by atoms with Crippen molar-refractivity contribution in [2.75, 3.05) is 21.2 Å². The maximum absolute atomic E-state index is 5.61. The molecular weight excluding hydrogens is 174 g/mol. The van der Waals surface area contributed by atoms with Crippen LogP contribution in [0.25, 0.3) is 0 Å². The van der Waals surface area contributed by atoms with Crippen molar-refractivity contribution in [3.63, 3.8) is 0 Å². The van der Waals surface area contributed by atoms with Crippen LogP contribution in [0.1, 0.15) is 41.5 Å². The molecule has 0 unspecified atom stereocenters. The van der Waals surface area contributed by atoms with Gasteiger partial charge in [0.15, 0.2) is 0 Å². The van der Waals surface area contributed by atoms with Gasteiger partial charge in [0.05, 0.1) is 5.60 Å². The van der Waals surface area contributed by atoms with E-state index in [1.165, 1.54) is 0 Å². The van der Waals surface area contributed by atoms with Gasteiger partial charge in [0.25, 0.3) is 0 Å². The Hall–Kier alpha value is -0.0800. The zero-order valence-corrected chi connectivity index (χ0v) is 11.4. The van der Waals surface area contributed by atoms with Gasteiger partial charge >= 0.3 is 0 Å². The SMILES string of the molecule is COC(C)(C)C(C)(C)C(C)(C)N(C)C. The van der Waals surface area contributed by atoms with E-state index in [-0.39, 0.29) is 16.6 Å². The molecule has 0 radical (unpaired) electrons. The summed E-state index contributed by atoms with van der Waals surface area (Å²) in [5, 5.41) is 0. The van der Waals surface area contributed by atoms with Gasteiger partial charge in [0.2, 0.25) is 0 Å². The Balaban J connectivity index is 5.14. The summed E-state index contributed by atoms with van der Waals surface area (Å²) in [6.45, 7) is 13.3. The highest BCUT2D eigenvalue weighted by atomic mass is 16.5. The van der Waals surface area contributed by atoms with Crippen molar-refractivity contribution in [1.29, 1.82) is 0 Å². The maximum atomic E-state index is 5.61. The first-order valence-corrected chi connectivity index (χ1v) is 5.23. The molecule has 0 rings (SSSR count). The molecule has 0 spiro atoms. The Bertz CT molecular complexity index is 192. The van der Waals surface area contributed by atoms with Gasteiger partial charge in [-0.2, -0.15) is 0 Å². The van der Waals surface area contributed by atoms with Gasteiger partial charge in [-0.1, -0.05) is 13.8 Å². The molecule has 0 aromatic rings. The molecule has 2 heteroatoms. The smallest absolute Gasteiger partial charge is 0.0690 e. The number of methoxy groups -OCH3 is 1. The third kappa shape index (κ3) is 1.96. The van der Waals surface area contributed by atoms with Crippen molar-refractivity contribution in [3.05, 3.63) is 0 Å². The van der Waals surface area contributed by atoms with Gasteiger partial charge in [-0.3, -0.25) is 0 Å². The maximum Gasteiger partial charge on any atom is 0.0690 e. The van der Waals surface area contributed by atoms with E-state index in [0.717, 1.165) is 0 Å². The van der Waals surface area contributed by atoms with Crippen LogP contribution in [0.3, 0.4) is 0 Å². The lowest BCUT2D eigenvalue weighted by Crippen LogP contribution is -2.60. The quantitative estimate of drug-likeness (QED) is 0.693. The molecule has 0 saturated carbocycles. The van der Waals surface area contributed by atoms with Crippen LogP contribution < -0.4 is 0 Å². The summed E-state index contributed by atoms with van der Waals surface area (Å²) in [5.41, 5.74) is 0.0194. The minimum Gasteiger partial charge on any atom is -0.378 e. The van der Waals surface area contributed by atoms with Gasteiger partial charge in [-0.25, -0.2) is 0 Å². The lowest BCUT2D eigenvalue weighted by atomic mass is 9.64. The van der Waals surface area contributed by atoms with Crippen molar-refractivity contribution in [2.24, 2.45) is 5.41 Å². The third-order valence-electron chi connectivity index (χ3n) is 4.66. The summed E-state index contributed by atoms with van der Waals surface area (Å²) < 4.78 is 5.61. The molecule has 0 amide bonds. The first-order valence-electron chi connectivity index (χ1n) is 5.23. The molecule has 0 aromatic heterocycles. The van der Waals surface area contributed by atoms with E-state index < -0.39 is 0 Å². The standard InChI is InChI=1S/C12H27NO/c1-10(2,12(5,6)14-9)11(3,4)13(7)8/h1-9H3. The molecule has 0 aliphatic rings. The average Bonchev–Trinajstić information content (AvgIpc) is 2.03. The fourth-order valence-corrected chi connectivity index (χ4v) is 1.55. The van der Waals surface area contributed by atoms with Crippen LogP contribution >= 0.6 is 0 Å². The molecular formula is C12H27NO. The van der Waals surface area contributed by atoms with Gasteiger partial charge < -0.3 is 9.64 Å². The van der Waals surface area contributed by atoms with E-state index in [1.807, 2.05) is 0 Å². The zero-order valence-electron chi connectivity index (χ0n) is 11.4. The van der Waals surface area contributed by atoms with E-state index in [4.69, 9.17) is 4.74 Å². The molecule has 0 aromatic carbocycles. The molecule has 2 nitrogen and oxygen atoms in total. The van der Waals surface area contributed by atoms with E-state index in [0.29, 0.717) is 0 Å². The molecule has 0 atom stereocenters. The first-order chi connectivity index (χ1) is 6.00. The van der Waals surface area contributed by atoms with Gasteiger partial charge in [0.1, 0.15) is 0 Å². The Morgan fingerprint density at radius 1 is 0.857 bits per heavy atom. The second kappa shape index (κ2) is 3.82. The predicted molar refractivity (Wildman–Crippen MR) is 62.6 cm³/mol. The van der Waals surface area contributed by atoms with Crippen LogP contribution in [0.15, 0.2) is 0 Å². The molecule has 0 N–H and O–H groups in total. The lowest BCUT2D eigenvalue weighted by molar-refractivity contribution is -0.130. The molecule has 0 heterocycles. The van der Waals surface area contributed by atoms with E-state index in [1.54, 1.807) is 7.11 Å². The summed E-state index contributed by atoms with van der Waals surface area (Å²) in [5.74, 6) is 0. The minimum absolute atomic E-state index is 0.0677. The van der Waals surface area contributed by atoms with Crippen molar-refractivity contribution in [1.82, 2.24) is 4.90 Å². The number of hydrogen-bond donors (Lipinski definition) is 0. The Morgan fingerprint density at radius 3 is 1.43 bits per heavy atom. The molecule has 14 heavy (non-hydrogen) atoms. The van der Waals surface area contributed by atoms with Gasteiger partial charge in [0, 0.05) is 18.1 Å². The molecule has 86 valence electrons. The molecule has 0 aliphatic heterocycles. The van der Waals surface area contributed by atoms with E-state index in [2.05, 4.69) is 60.5 Å². The number of hydrogen-bond acceptors (Lipinski definition) is 2. The second-order valence-corrected chi connectivity index (χ2v) is 5.79. The summed E-state index contributed by atoms with van der Waals surface area (Å²) in [6.07, 6.45) is 0. The van der Waals surface area contributed by atoms with E-state index in [9.17, 15) is 0 Å². The lowest BCUT2D eigenvalue weighted by Gasteiger charge is -2.54. The second-order valence-electron chi connectivity index (χ2n) is 5.79. The van der Waals surface area contributed by atoms with Crippen LogP contribution in [-0.2, 0) is 4.74 Å². The first kappa shape index (κ1) is 13.9. The summed E-state index contributed by atoms with van der Waals surface area (Å²) in [7, 11) is 6.02. The average molecular weight is 201 g/mol. The topological polar surface area (TPSA) is 12.5 Å². The van der Waals surface area contributed by atoms with Gasteiger partial charge in [-0.15, -0.1) is 0 Å². The zero-order chi connectivity index (χ0) is 11.8. The largest absolute Gasteiger partial charge is 0.378 e. The number of rotatable bonds is 4. The molecule has 0 bridgehead atoms. The predicted octanol–water partition coefficient (Wildman–Crippen LogP) is 2.78. The highest BCUT2D eigenvalue weighted by molar-refractivity contribution is 5.02. The number of nitrogens with zero attached hydrogens (tertiary/aromatic N) is 1. The Morgan fingerprint density at radius 2 is 1.21 bits per heavy atom. The third-order valence-corrected chi connectivity index (χ3v) is 4.66. The monoisotopic (exact) mass is 201 g/mol. The van der Waals surface area contributed by atoms with Crippen LogP contribution in [0.2, 0.25) is 0 Å². The van der Waals surface area contributed by atoms with E-state index >= 15 is 0 Å². The van der Waals surface area contributed by atoms with Crippen molar-refractivity contribution >= 4 is 0 Å². The Kier molecular flexibility index (Phi) is 3.80. The normalized spacial score (nSPS) is 15.0. The molecule has 0 fully saturated rings. The molecule has 0 aliphatic carbocycles. The van der Waals surface area contributed by atoms with Crippen LogP contribution in [0.4, 0.5) is 0 Å². The van der Waals surface area contributed by atoms with Gasteiger partial charge in [-0.05, 0) is 41.8 Å². The highest BCUT2D eigenvalue weighted by Gasteiger charge is 2.49. The van der Waals surface area contributed by atoms with Crippen LogP contribution in [-0.4, -0.2) is 37.2 Å². The fourth-order valence-electron chi connectivity index (χ4n) is 1.55. The van der Waals surface area contributed by atoms with Crippen molar-refractivity contribution in [2.45, 2.75) is 52.7 Å². The van der Waals surface area contributed by atoms with Crippen molar-refractivity contribution in [3.8, 4) is 0 Å². The number of ether oxygens (including phenoxy) is 1. The fraction of sp³-hybridized carbons (Fsp3) is 1.00. The van der Waals surface area contributed by atoms with Crippen LogP contribution in [0, 0.1) is 5.41 Å². The molecule has 0 saturated heterocycles. The summed E-state index contributed by atoms with van der Waals surface area (Å²) in [4.78, 5) is 2.26. The highest BCUT2D eigenvalue weighted by Crippen LogP contribution is 2.44. The van der Waals surface area contributed by atoms with Crippen molar-refractivity contribution < 1.29 is 4.74 Å². The summed E-state index contributed by atoms with van der Waals surface area (Å²) in [6, 6.07) is 0. The summed E-state index contributed by atoms with van der Waals surface area (Å²) >= 11 is 0. The Labute approximate surface area is 89.6 Å². The minimum atomic E-state index is -0.138.